The van der Waals surface area contributed by atoms with Gasteiger partial charge in [0.25, 0.3) is 0 Å². The van der Waals surface area contributed by atoms with Crippen molar-refractivity contribution >= 4 is 37.8 Å². The fourth-order valence-electron chi connectivity index (χ4n) is 3.34. The van der Waals surface area contributed by atoms with Gasteiger partial charge in [-0.1, -0.05) is 26.0 Å². The number of rotatable bonds is 9. The van der Waals surface area contributed by atoms with Gasteiger partial charge in [-0.25, -0.2) is 16.8 Å². The topological polar surface area (TPSA) is 118 Å². The smallest absolute Gasteiger partial charge is 0.325 e. The van der Waals surface area contributed by atoms with E-state index in [0.29, 0.717) is 18.7 Å². The van der Waals surface area contributed by atoms with Crippen LogP contribution in [0.15, 0.2) is 35.2 Å². The number of sulfonamides is 1. The van der Waals surface area contributed by atoms with Crippen LogP contribution in [0.4, 0.5) is 0 Å². The zero-order valence-corrected chi connectivity index (χ0v) is 19.5. The van der Waals surface area contributed by atoms with E-state index in [1.54, 1.807) is 26.0 Å². The minimum Gasteiger partial charge on any atom is -0.468 e. The van der Waals surface area contributed by atoms with Gasteiger partial charge < -0.3 is 9.64 Å². The number of methoxy groups -OCH3 is 1. The van der Waals surface area contributed by atoms with Crippen LogP contribution in [0, 0.1) is 0 Å². The quantitative estimate of drug-likeness (QED) is 0.387. The highest BCUT2D eigenvalue weighted by Gasteiger charge is 2.35. The predicted octanol–water partition coefficient (Wildman–Crippen LogP) is 0.919. The van der Waals surface area contributed by atoms with Gasteiger partial charge in [0.2, 0.25) is 15.9 Å². The molecule has 2 rings (SSSR count). The zero-order valence-electron chi connectivity index (χ0n) is 17.9. The molecule has 0 aromatic heterocycles. The normalized spacial score (nSPS) is 18.4. The summed E-state index contributed by atoms with van der Waals surface area (Å²) in [5, 5.41) is 0. The number of amides is 1. The van der Waals surface area contributed by atoms with Gasteiger partial charge in [-0.05, 0) is 30.2 Å². The average Bonchev–Trinajstić information content (AvgIpc) is 3.10. The van der Waals surface area contributed by atoms with Crippen molar-refractivity contribution in [3.8, 4) is 0 Å². The van der Waals surface area contributed by atoms with Crippen LogP contribution < -0.4 is 0 Å². The lowest BCUT2D eigenvalue weighted by atomic mass is 10.2. The Bertz CT molecular complexity index is 1030. The number of carbonyl (C=O) groups excluding carboxylic acids is 2. The van der Waals surface area contributed by atoms with E-state index in [9.17, 15) is 26.4 Å². The second kappa shape index (κ2) is 10.4. The molecule has 1 amide bonds. The largest absolute Gasteiger partial charge is 0.468 e. The van der Waals surface area contributed by atoms with Crippen LogP contribution in [-0.4, -0.2) is 82.2 Å². The fraction of sp³-hybridized carbons (Fsp3) is 0.500. The molecule has 1 fully saturated rings. The molecule has 0 saturated carbocycles. The highest BCUT2D eigenvalue weighted by Crippen LogP contribution is 2.20. The Morgan fingerprint density at radius 2 is 1.77 bits per heavy atom. The molecule has 0 spiro atoms. The maximum absolute atomic E-state index is 12.7. The van der Waals surface area contributed by atoms with Gasteiger partial charge in [0.15, 0.2) is 9.84 Å². The highest BCUT2D eigenvalue weighted by molar-refractivity contribution is 7.91. The molecule has 1 aromatic carbocycles. The molecule has 0 radical (unpaired) electrons. The molecule has 0 aliphatic carbocycles. The average molecular weight is 473 g/mol. The molecule has 0 N–H and O–H groups in total. The number of benzene rings is 1. The van der Waals surface area contributed by atoms with E-state index in [0.717, 1.165) is 0 Å². The summed E-state index contributed by atoms with van der Waals surface area (Å²) in [7, 11) is -5.63. The Kier molecular flexibility index (Phi) is 8.38. The molecule has 31 heavy (non-hydrogen) atoms. The van der Waals surface area contributed by atoms with Gasteiger partial charge in [-0.2, -0.15) is 4.31 Å². The lowest BCUT2D eigenvalue weighted by Crippen LogP contribution is -2.43. The first-order chi connectivity index (χ1) is 14.5. The molecule has 172 valence electrons. The van der Waals surface area contributed by atoms with Crippen LogP contribution in [-0.2, 0) is 34.2 Å². The fourth-order valence-corrected chi connectivity index (χ4v) is 6.53. The molecule has 1 aliphatic heterocycles. The van der Waals surface area contributed by atoms with Crippen molar-refractivity contribution in [1.29, 1.82) is 0 Å². The summed E-state index contributed by atoms with van der Waals surface area (Å²) < 4.78 is 54.6. The molecule has 11 heteroatoms. The highest BCUT2D eigenvalue weighted by atomic mass is 32.2. The number of nitrogens with zero attached hydrogens (tertiary/aromatic N) is 2. The van der Waals surface area contributed by atoms with Gasteiger partial charge in [0, 0.05) is 25.2 Å². The molecule has 1 aromatic rings. The third-order valence-electron chi connectivity index (χ3n) is 5.10. The Hall–Kier alpha value is -2.24. The lowest BCUT2D eigenvalue weighted by molar-refractivity contribution is -0.146. The Labute approximate surface area is 183 Å². The van der Waals surface area contributed by atoms with Gasteiger partial charge >= 0.3 is 5.97 Å². The lowest BCUT2D eigenvalue weighted by Gasteiger charge is -2.25. The third kappa shape index (κ3) is 6.37. The molecule has 1 heterocycles. The molecule has 1 atom stereocenters. The second-order valence-corrected chi connectivity index (χ2v) is 11.3. The van der Waals surface area contributed by atoms with E-state index in [4.69, 9.17) is 0 Å². The van der Waals surface area contributed by atoms with Gasteiger partial charge in [0.1, 0.15) is 6.54 Å². The zero-order chi connectivity index (χ0) is 23.2. The summed E-state index contributed by atoms with van der Waals surface area (Å²) in [5.41, 5.74) is 0.587. The van der Waals surface area contributed by atoms with Crippen molar-refractivity contribution in [2.24, 2.45) is 0 Å². The Balaban J connectivity index is 2.18. The van der Waals surface area contributed by atoms with E-state index < -0.39 is 37.8 Å². The minimum absolute atomic E-state index is 0.0329. The van der Waals surface area contributed by atoms with Gasteiger partial charge in [-0.15, -0.1) is 0 Å². The van der Waals surface area contributed by atoms with Crippen molar-refractivity contribution in [3.63, 3.8) is 0 Å². The third-order valence-corrected chi connectivity index (χ3v) is 8.92. The van der Waals surface area contributed by atoms with E-state index >= 15 is 0 Å². The molecule has 1 saturated heterocycles. The molecule has 1 aliphatic rings. The summed E-state index contributed by atoms with van der Waals surface area (Å²) >= 11 is 0. The number of sulfone groups is 1. The summed E-state index contributed by atoms with van der Waals surface area (Å²) in [6.07, 6.45) is 2.99. The number of carbonyl (C=O) groups is 2. The monoisotopic (exact) mass is 472 g/mol. The van der Waals surface area contributed by atoms with E-state index in [1.807, 2.05) is 0 Å². The van der Waals surface area contributed by atoms with Crippen LogP contribution in [0.2, 0.25) is 0 Å². The SMILES string of the molecule is CCN(CC)S(=O)(=O)c1ccc(C=CC(=O)N(CC(=O)OC)C2CCS(=O)(=O)C2)cc1. The number of esters is 1. The number of hydrogen-bond acceptors (Lipinski definition) is 7. The van der Waals surface area contributed by atoms with Gasteiger partial charge in [-0.3, -0.25) is 9.59 Å². The first kappa shape index (κ1) is 25.0. The summed E-state index contributed by atoms with van der Waals surface area (Å²) in [6.45, 7) is 3.91. The first-order valence-corrected chi connectivity index (χ1v) is 13.2. The summed E-state index contributed by atoms with van der Waals surface area (Å²) in [5.74, 6) is -1.39. The maximum Gasteiger partial charge on any atom is 0.325 e. The van der Waals surface area contributed by atoms with Crippen LogP contribution in [0.1, 0.15) is 25.8 Å². The molecule has 0 bridgehead atoms. The van der Waals surface area contributed by atoms with Crippen LogP contribution >= 0.6 is 0 Å². The van der Waals surface area contributed by atoms with Crippen molar-refractivity contribution < 1.29 is 31.2 Å². The van der Waals surface area contributed by atoms with Gasteiger partial charge in [0.05, 0.1) is 23.5 Å². The van der Waals surface area contributed by atoms with Crippen molar-refractivity contribution in [1.82, 2.24) is 9.21 Å². The maximum atomic E-state index is 12.7. The standard InChI is InChI=1S/C20H28N2O7S2/c1-4-21(5-2)31(27,28)18-9-6-16(7-10-18)8-11-19(23)22(14-20(24)29-3)17-12-13-30(25,26)15-17/h6-11,17H,4-5,12-15H2,1-3H3. The summed E-state index contributed by atoms with van der Waals surface area (Å²) in [4.78, 5) is 25.8. The van der Waals surface area contributed by atoms with Crippen LogP contribution in [0.3, 0.4) is 0 Å². The number of ether oxygens (including phenoxy) is 1. The van der Waals surface area contributed by atoms with Crippen molar-refractivity contribution in [3.05, 3.63) is 35.9 Å². The van der Waals surface area contributed by atoms with E-state index in [2.05, 4.69) is 4.74 Å². The van der Waals surface area contributed by atoms with E-state index in [-0.39, 0.29) is 29.4 Å². The molecule has 9 nitrogen and oxygen atoms in total. The first-order valence-electron chi connectivity index (χ1n) is 9.90. The minimum atomic E-state index is -3.58. The van der Waals surface area contributed by atoms with Crippen molar-refractivity contribution in [2.75, 3.05) is 38.2 Å². The van der Waals surface area contributed by atoms with Crippen LogP contribution in [0.5, 0.6) is 0 Å². The van der Waals surface area contributed by atoms with Crippen molar-refractivity contribution in [2.45, 2.75) is 31.2 Å². The number of hydrogen-bond donors (Lipinski definition) is 0. The molecular weight excluding hydrogens is 444 g/mol. The predicted molar refractivity (Wildman–Crippen MR) is 116 cm³/mol. The summed E-state index contributed by atoms with van der Waals surface area (Å²) in [6, 6.07) is 5.49. The Morgan fingerprint density at radius 1 is 1.16 bits per heavy atom. The second-order valence-electron chi connectivity index (χ2n) is 7.09. The van der Waals surface area contributed by atoms with E-state index in [1.165, 1.54) is 40.6 Å². The Morgan fingerprint density at radius 3 is 2.26 bits per heavy atom. The molecular formula is C20H28N2O7S2. The molecule has 1 unspecified atom stereocenters. The van der Waals surface area contributed by atoms with Crippen LogP contribution in [0.25, 0.3) is 6.08 Å².